The number of ketones is 1. The molecule has 0 N–H and O–H groups in total. The maximum Gasteiger partial charge on any atom is 0.166 e. The van der Waals surface area contributed by atoms with Crippen molar-refractivity contribution in [1.29, 1.82) is 0 Å². The Morgan fingerprint density at radius 2 is 2.38 bits per heavy atom. The average molecular weight is 243 g/mol. The molecular weight excluding hydrogens is 231 g/mol. The molecule has 1 fully saturated rings. The summed E-state index contributed by atoms with van der Waals surface area (Å²) < 4.78 is 18.7. The highest BCUT2D eigenvalue weighted by molar-refractivity contribution is 6.30. The smallest absolute Gasteiger partial charge is 0.166 e. The molecule has 0 amide bonds. The van der Waals surface area contributed by atoms with Gasteiger partial charge in [0.15, 0.2) is 5.78 Å². The van der Waals surface area contributed by atoms with Gasteiger partial charge < -0.3 is 4.74 Å². The molecule has 1 aliphatic heterocycles. The Morgan fingerprint density at radius 3 is 3.00 bits per heavy atom. The van der Waals surface area contributed by atoms with E-state index in [4.69, 9.17) is 16.3 Å². The molecule has 86 valence electrons. The zero-order chi connectivity index (χ0) is 11.5. The predicted octanol–water partition coefficient (Wildman–Crippen LogP) is 2.77. The van der Waals surface area contributed by atoms with Gasteiger partial charge in [-0.25, -0.2) is 4.39 Å². The van der Waals surface area contributed by atoms with Gasteiger partial charge in [0.1, 0.15) is 11.9 Å². The Kier molecular flexibility index (Phi) is 3.56. The first-order valence-electron chi connectivity index (χ1n) is 5.25. The minimum atomic E-state index is -0.432. The second-order valence-corrected chi connectivity index (χ2v) is 4.32. The van der Waals surface area contributed by atoms with Crippen molar-refractivity contribution in [1.82, 2.24) is 0 Å². The molecule has 1 aromatic carbocycles. The quantitative estimate of drug-likeness (QED) is 0.815. The van der Waals surface area contributed by atoms with Crippen molar-refractivity contribution >= 4 is 17.4 Å². The fraction of sp³-hybridized carbons (Fsp3) is 0.417. The van der Waals surface area contributed by atoms with Crippen LogP contribution in [-0.2, 0) is 16.0 Å². The van der Waals surface area contributed by atoms with Gasteiger partial charge in [0, 0.05) is 18.1 Å². The Balaban J connectivity index is 2.05. The lowest BCUT2D eigenvalue weighted by Crippen LogP contribution is -2.21. The molecule has 1 aromatic rings. The summed E-state index contributed by atoms with van der Waals surface area (Å²) in [5, 5.41) is 0.339. The van der Waals surface area contributed by atoms with E-state index in [1.54, 1.807) is 12.1 Å². The molecule has 1 saturated heterocycles. The molecule has 0 aliphatic carbocycles. The van der Waals surface area contributed by atoms with Crippen molar-refractivity contribution in [2.75, 3.05) is 6.61 Å². The molecule has 1 aliphatic rings. The summed E-state index contributed by atoms with van der Waals surface area (Å²) in [7, 11) is 0. The Bertz CT molecular complexity index is 400. The predicted molar refractivity (Wildman–Crippen MR) is 59.1 cm³/mol. The topological polar surface area (TPSA) is 26.3 Å². The molecule has 4 heteroatoms. The van der Waals surface area contributed by atoms with Crippen LogP contribution in [0.2, 0.25) is 5.02 Å². The van der Waals surface area contributed by atoms with Crippen LogP contribution in [0.15, 0.2) is 18.2 Å². The minimum Gasteiger partial charge on any atom is -0.370 e. The number of benzene rings is 1. The molecule has 0 saturated carbocycles. The molecule has 16 heavy (non-hydrogen) atoms. The number of hydrogen-bond acceptors (Lipinski definition) is 2. The van der Waals surface area contributed by atoms with Gasteiger partial charge in [0.25, 0.3) is 0 Å². The van der Waals surface area contributed by atoms with Crippen LogP contribution in [0, 0.1) is 5.82 Å². The zero-order valence-electron chi connectivity index (χ0n) is 8.71. The van der Waals surface area contributed by atoms with Crippen molar-refractivity contribution < 1.29 is 13.9 Å². The Labute approximate surface area is 98.4 Å². The number of halogens is 2. The van der Waals surface area contributed by atoms with Crippen molar-refractivity contribution in [2.24, 2.45) is 0 Å². The van der Waals surface area contributed by atoms with Gasteiger partial charge in [-0.05, 0) is 30.5 Å². The van der Waals surface area contributed by atoms with E-state index in [-0.39, 0.29) is 18.3 Å². The maximum absolute atomic E-state index is 13.4. The van der Waals surface area contributed by atoms with Crippen molar-refractivity contribution in [3.8, 4) is 0 Å². The van der Waals surface area contributed by atoms with Gasteiger partial charge in [-0.2, -0.15) is 0 Å². The fourth-order valence-corrected chi connectivity index (χ4v) is 1.96. The first-order valence-corrected chi connectivity index (χ1v) is 5.63. The standard InChI is InChI=1S/C12H12ClFO2/c13-9-4-3-8(10(14)7-9)6-11(15)12-2-1-5-16-12/h3-4,7,12H,1-2,5-6H2. The summed E-state index contributed by atoms with van der Waals surface area (Å²) in [6.45, 7) is 0.625. The van der Waals surface area contributed by atoms with Crippen molar-refractivity contribution in [2.45, 2.75) is 25.4 Å². The normalized spacial score (nSPS) is 20.0. The summed E-state index contributed by atoms with van der Waals surface area (Å²) in [5.74, 6) is -0.488. The number of rotatable bonds is 3. The van der Waals surface area contributed by atoms with Crippen LogP contribution in [0.1, 0.15) is 18.4 Å². The van der Waals surface area contributed by atoms with Gasteiger partial charge in [0.05, 0.1) is 0 Å². The van der Waals surface area contributed by atoms with Crippen LogP contribution in [0.4, 0.5) is 4.39 Å². The lowest BCUT2D eigenvalue weighted by molar-refractivity contribution is -0.127. The Morgan fingerprint density at radius 1 is 1.56 bits per heavy atom. The third-order valence-corrected chi connectivity index (χ3v) is 2.90. The monoisotopic (exact) mass is 242 g/mol. The fourth-order valence-electron chi connectivity index (χ4n) is 1.80. The van der Waals surface area contributed by atoms with E-state index in [0.29, 0.717) is 17.2 Å². The van der Waals surface area contributed by atoms with Crippen LogP contribution in [0.3, 0.4) is 0 Å². The van der Waals surface area contributed by atoms with E-state index in [9.17, 15) is 9.18 Å². The van der Waals surface area contributed by atoms with E-state index in [1.165, 1.54) is 6.07 Å². The summed E-state index contributed by atoms with van der Waals surface area (Å²) in [5.41, 5.74) is 0.380. The Hall–Kier alpha value is -0.930. The molecule has 1 heterocycles. The van der Waals surface area contributed by atoms with Gasteiger partial charge >= 0.3 is 0 Å². The molecule has 0 spiro atoms. The summed E-state index contributed by atoms with van der Waals surface area (Å²) in [4.78, 5) is 11.7. The lowest BCUT2D eigenvalue weighted by atomic mass is 10.0. The highest BCUT2D eigenvalue weighted by Crippen LogP contribution is 2.19. The second-order valence-electron chi connectivity index (χ2n) is 3.88. The second kappa shape index (κ2) is 4.93. The highest BCUT2D eigenvalue weighted by Gasteiger charge is 2.24. The number of hydrogen-bond donors (Lipinski definition) is 0. The average Bonchev–Trinajstić information content (AvgIpc) is 2.75. The van der Waals surface area contributed by atoms with Crippen LogP contribution < -0.4 is 0 Å². The SMILES string of the molecule is O=C(Cc1ccc(Cl)cc1F)C1CCCO1. The maximum atomic E-state index is 13.4. The van der Waals surface area contributed by atoms with Crippen LogP contribution in [0.25, 0.3) is 0 Å². The molecule has 2 rings (SSSR count). The highest BCUT2D eigenvalue weighted by atomic mass is 35.5. The van der Waals surface area contributed by atoms with Crippen molar-refractivity contribution in [3.63, 3.8) is 0 Å². The number of carbonyl (C=O) groups excluding carboxylic acids is 1. The number of Topliss-reactive ketones (excluding diaryl/α,β-unsaturated/α-hetero) is 1. The van der Waals surface area contributed by atoms with Gasteiger partial charge in [-0.3, -0.25) is 4.79 Å². The largest absolute Gasteiger partial charge is 0.370 e. The van der Waals surface area contributed by atoms with Gasteiger partial charge in [-0.1, -0.05) is 17.7 Å². The van der Waals surface area contributed by atoms with Gasteiger partial charge in [-0.15, -0.1) is 0 Å². The third kappa shape index (κ3) is 2.60. The van der Waals surface area contributed by atoms with E-state index in [1.807, 2.05) is 0 Å². The summed E-state index contributed by atoms with van der Waals surface area (Å²) in [6, 6.07) is 4.35. The van der Waals surface area contributed by atoms with Crippen LogP contribution >= 0.6 is 11.6 Å². The van der Waals surface area contributed by atoms with Crippen molar-refractivity contribution in [3.05, 3.63) is 34.6 Å². The van der Waals surface area contributed by atoms with E-state index >= 15 is 0 Å². The summed E-state index contributed by atoms with van der Waals surface area (Å²) >= 11 is 5.63. The minimum absolute atomic E-state index is 0.0567. The number of carbonyl (C=O) groups is 1. The first kappa shape index (κ1) is 11.6. The number of ether oxygens (including phenoxy) is 1. The van der Waals surface area contributed by atoms with Crippen LogP contribution in [0.5, 0.6) is 0 Å². The lowest BCUT2D eigenvalue weighted by Gasteiger charge is -2.08. The van der Waals surface area contributed by atoms with E-state index < -0.39 is 5.82 Å². The van der Waals surface area contributed by atoms with E-state index in [2.05, 4.69) is 0 Å². The third-order valence-electron chi connectivity index (χ3n) is 2.67. The van der Waals surface area contributed by atoms with Gasteiger partial charge in [0.2, 0.25) is 0 Å². The van der Waals surface area contributed by atoms with Crippen LogP contribution in [-0.4, -0.2) is 18.5 Å². The molecule has 2 nitrogen and oxygen atoms in total. The summed E-state index contributed by atoms with van der Waals surface area (Å²) in [6.07, 6.45) is 1.37. The van der Waals surface area contributed by atoms with E-state index in [0.717, 1.165) is 12.8 Å². The zero-order valence-corrected chi connectivity index (χ0v) is 9.47. The molecular formula is C12H12ClFO2. The molecule has 0 bridgehead atoms. The molecule has 1 unspecified atom stereocenters. The first-order chi connectivity index (χ1) is 7.66. The molecule has 0 radical (unpaired) electrons. The molecule has 1 atom stereocenters. The molecule has 0 aromatic heterocycles.